The van der Waals surface area contributed by atoms with Crippen LogP contribution < -0.4 is 5.32 Å². The van der Waals surface area contributed by atoms with E-state index in [2.05, 4.69) is 10.4 Å². The van der Waals surface area contributed by atoms with Crippen LogP contribution in [0.1, 0.15) is 28.0 Å². The summed E-state index contributed by atoms with van der Waals surface area (Å²) in [6.45, 7) is 1.78. The predicted octanol–water partition coefficient (Wildman–Crippen LogP) is 2.00. The van der Waals surface area contributed by atoms with Gasteiger partial charge >= 0.3 is 5.97 Å². The molecule has 0 unspecified atom stereocenters. The highest BCUT2D eigenvalue weighted by Crippen LogP contribution is 2.14. The second-order valence-corrected chi connectivity index (χ2v) is 4.85. The number of amides is 1. The van der Waals surface area contributed by atoms with Crippen LogP contribution in [-0.4, -0.2) is 26.8 Å². The standard InChI is InChI=1S/C15H17N3O3/c1-10-13(9-18(2)17-10)15(21)16-12-5-3-4-11(8-12)6-7-14(19)20/h3-5,8-9H,6-7H2,1-2H3,(H,16,21)(H,19,20). The van der Waals surface area contributed by atoms with Crippen molar-refractivity contribution in [2.24, 2.45) is 7.05 Å². The molecule has 0 aliphatic heterocycles. The number of nitrogens with zero attached hydrogens (tertiary/aromatic N) is 2. The topological polar surface area (TPSA) is 84.2 Å². The van der Waals surface area contributed by atoms with Gasteiger partial charge in [-0.3, -0.25) is 14.3 Å². The van der Waals surface area contributed by atoms with Crippen molar-refractivity contribution in [3.05, 3.63) is 47.3 Å². The van der Waals surface area contributed by atoms with Crippen molar-refractivity contribution in [3.63, 3.8) is 0 Å². The van der Waals surface area contributed by atoms with E-state index in [0.29, 0.717) is 23.4 Å². The first-order chi connectivity index (χ1) is 9.95. The molecule has 6 heteroatoms. The van der Waals surface area contributed by atoms with Crippen molar-refractivity contribution in [1.82, 2.24) is 9.78 Å². The van der Waals surface area contributed by atoms with Gasteiger partial charge in [-0.15, -0.1) is 0 Å². The number of carbonyl (C=O) groups is 2. The lowest BCUT2D eigenvalue weighted by Gasteiger charge is -2.06. The Kier molecular flexibility index (Phi) is 4.37. The Bertz CT molecular complexity index is 677. The van der Waals surface area contributed by atoms with Crippen molar-refractivity contribution in [3.8, 4) is 0 Å². The molecule has 1 amide bonds. The molecule has 1 aromatic carbocycles. The van der Waals surface area contributed by atoms with E-state index in [9.17, 15) is 9.59 Å². The summed E-state index contributed by atoms with van der Waals surface area (Å²) in [7, 11) is 1.76. The Hall–Kier alpha value is -2.63. The number of carbonyl (C=O) groups excluding carboxylic acids is 1. The summed E-state index contributed by atoms with van der Waals surface area (Å²) in [5, 5.41) is 15.6. The zero-order chi connectivity index (χ0) is 15.4. The molecule has 0 fully saturated rings. The summed E-state index contributed by atoms with van der Waals surface area (Å²) in [4.78, 5) is 22.7. The summed E-state index contributed by atoms with van der Waals surface area (Å²) in [6, 6.07) is 7.19. The van der Waals surface area contributed by atoms with Gasteiger partial charge in [0.25, 0.3) is 5.91 Å². The summed E-state index contributed by atoms with van der Waals surface area (Å²) in [5.41, 5.74) is 2.70. The lowest BCUT2D eigenvalue weighted by molar-refractivity contribution is -0.136. The maximum Gasteiger partial charge on any atom is 0.303 e. The first kappa shape index (κ1) is 14.8. The highest BCUT2D eigenvalue weighted by atomic mass is 16.4. The van der Waals surface area contributed by atoms with Crippen LogP contribution in [0.25, 0.3) is 0 Å². The van der Waals surface area contributed by atoms with Crippen LogP contribution in [-0.2, 0) is 18.3 Å². The van der Waals surface area contributed by atoms with Crippen molar-refractivity contribution >= 4 is 17.6 Å². The minimum atomic E-state index is -0.838. The SMILES string of the molecule is Cc1nn(C)cc1C(=O)Nc1cccc(CCC(=O)O)c1. The van der Waals surface area contributed by atoms with E-state index in [-0.39, 0.29) is 12.3 Å². The number of carboxylic acids is 1. The van der Waals surface area contributed by atoms with Crippen LogP contribution in [0.2, 0.25) is 0 Å². The summed E-state index contributed by atoms with van der Waals surface area (Å²) in [6.07, 6.45) is 2.17. The molecule has 6 nitrogen and oxygen atoms in total. The molecule has 0 aliphatic rings. The number of nitrogens with one attached hydrogen (secondary N) is 1. The third-order valence-corrected chi connectivity index (χ3v) is 3.07. The van der Waals surface area contributed by atoms with Gasteiger partial charge in [-0.1, -0.05) is 12.1 Å². The van der Waals surface area contributed by atoms with Gasteiger partial charge in [0.15, 0.2) is 0 Å². The average molecular weight is 287 g/mol. The van der Waals surface area contributed by atoms with Gasteiger partial charge in [-0.05, 0) is 31.0 Å². The third-order valence-electron chi connectivity index (χ3n) is 3.07. The largest absolute Gasteiger partial charge is 0.481 e. The molecule has 2 rings (SSSR count). The molecule has 0 spiro atoms. The normalized spacial score (nSPS) is 10.4. The van der Waals surface area contributed by atoms with Crippen LogP contribution in [0.5, 0.6) is 0 Å². The Morgan fingerprint density at radius 1 is 1.38 bits per heavy atom. The monoisotopic (exact) mass is 287 g/mol. The number of aryl methyl sites for hydroxylation is 3. The molecule has 2 aromatic rings. The van der Waals surface area contributed by atoms with Crippen LogP contribution in [0.4, 0.5) is 5.69 Å². The number of aliphatic carboxylic acids is 1. The molecule has 0 atom stereocenters. The zero-order valence-electron chi connectivity index (χ0n) is 12.0. The van der Waals surface area contributed by atoms with E-state index in [4.69, 9.17) is 5.11 Å². The molecular weight excluding hydrogens is 270 g/mol. The first-order valence-corrected chi connectivity index (χ1v) is 6.58. The van der Waals surface area contributed by atoms with Gasteiger partial charge in [0.1, 0.15) is 0 Å². The zero-order valence-corrected chi connectivity index (χ0v) is 12.0. The van der Waals surface area contributed by atoms with Gasteiger partial charge in [0.2, 0.25) is 0 Å². The number of carboxylic acid groups (broad SMARTS) is 1. The quantitative estimate of drug-likeness (QED) is 0.881. The predicted molar refractivity (Wildman–Crippen MR) is 78.3 cm³/mol. The van der Waals surface area contributed by atoms with Crippen LogP contribution in [0.15, 0.2) is 30.5 Å². The molecule has 0 aliphatic carbocycles. The molecule has 0 bridgehead atoms. The van der Waals surface area contributed by atoms with E-state index in [1.165, 1.54) is 0 Å². The average Bonchev–Trinajstić information content (AvgIpc) is 2.76. The van der Waals surface area contributed by atoms with Gasteiger partial charge in [-0.2, -0.15) is 5.10 Å². The van der Waals surface area contributed by atoms with Gasteiger partial charge < -0.3 is 10.4 Å². The first-order valence-electron chi connectivity index (χ1n) is 6.58. The molecule has 0 saturated heterocycles. The highest BCUT2D eigenvalue weighted by Gasteiger charge is 2.12. The highest BCUT2D eigenvalue weighted by molar-refractivity contribution is 6.04. The fourth-order valence-corrected chi connectivity index (χ4v) is 2.08. The fraction of sp³-hybridized carbons (Fsp3) is 0.267. The minimum Gasteiger partial charge on any atom is -0.481 e. The summed E-state index contributed by atoms with van der Waals surface area (Å²) < 4.78 is 1.59. The number of aromatic nitrogens is 2. The Morgan fingerprint density at radius 3 is 2.76 bits per heavy atom. The van der Waals surface area contributed by atoms with E-state index >= 15 is 0 Å². The van der Waals surface area contributed by atoms with Crippen molar-refractivity contribution in [1.29, 1.82) is 0 Å². The Labute approximate surface area is 122 Å². The minimum absolute atomic E-state index is 0.0686. The van der Waals surface area contributed by atoms with Gasteiger partial charge in [-0.25, -0.2) is 0 Å². The smallest absolute Gasteiger partial charge is 0.303 e. The number of benzene rings is 1. The third kappa shape index (κ3) is 3.92. The van der Waals surface area contributed by atoms with E-state index < -0.39 is 5.97 Å². The second-order valence-electron chi connectivity index (χ2n) is 4.85. The molecule has 0 radical (unpaired) electrons. The lowest BCUT2D eigenvalue weighted by atomic mass is 10.1. The van der Waals surface area contributed by atoms with Crippen molar-refractivity contribution < 1.29 is 14.7 Å². The molecule has 21 heavy (non-hydrogen) atoms. The van der Waals surface area contributed by atoms with Crippen molar-refractivity contribution in [2.75, 3.05) is 5.32 Å². The van der Waals surface area contributed by atoms with E-state index in [1.54, 1.807) is 43.0 Å². The molecule has 0 saturated carbocycles. The van der Waals surface area contributed by atoms with Gasteiger partial charge in [0.05, 0.1) is 11.3 Å². The van der Waals surface area contributed by atoms with Crippen molar-refractivity contribution in [2.45, 2.75) is 19.8 Å². The van der Waals surface area contributed by atoms with Crippen LogP contribution in [0, 0.1) is 6.92 Å². The maximum atomic E-state index is 12.2. The molecule has 2 N–H and O–H groups in total. The fourth-order valence-electron chi connectivity index (χ4n) is 2.08. The Morgan fingerprint density at radius 2 is 2.14 bits per heavy atom. The second kappa shape index (κ2) is 6.21. The van der Waals surface area contributed by atoms with Crippen LogP contribution in [0.3, 0.4) is 0 Å². The van der Waals surface area contributed by atoms with Gasteiger partial charge in [0, 0.05) is 25.4 Å². The van der Waals surface area contributed by atoms with E-state index in [0.717, 1.165) is 5.56 Å². The molecule has 110 valence electrons. The van der Waals surface area contributed by atoms with E-state index in [1.807, 2.05) is 6.07 Å². The number of hydrogen-bond acceptors (Lipinski definition) is 3. The lowest BCUT2D eigenvalue weighted by Crippen LogP contribution is -2.12. The Balaban J connectivity index is 2.09. The summed E-state index contributed by atoms with van der Waals surface area (Å²) >= 11 is 0. The number of anilines is 1. The molecule has 1 heterocycles. The number of rotatable bonds is 5. The maximum absolute atomic E-state index is 12.2. The van der Waals surface area contributed by atoms with Crippen LogP contribution >= 0.6 is 0 Å². The molecular formula is C15H17N3O3. The molecule has 1 aromatic heterocycles. The number of hydrogen-bond donors (Lipinski definition) is 2. The summed E-state index contributed by atoms with van der Waals surface area (Å²) in [5.74, 6) is -1.06.